The fraction of sp³-hybridized carbons (Fsp3) is 0.190. The topological polar surface area (TPSA) is 106 Å². The predicted molar refractivity (Wildman–Crippen MR) is 116 cm³/mol. The summed E-state index contributed by atoms with van der Waals surface area (Å²) < 4.78 is 0. The molecule has 1 amide bonds. The number of anilines is 1. The normalized spacial score (nSPS) is 12.1. The Bertz CT molecular complexity index is 1040. The van der Waals surface area contributed by atoms with Crippen molar-refractivity contribution in [3.63, 3.8) is 0 Å². The molecule has 0 bridgehead atoms. The number of hydrogen-bond acceptors (Lipinski definition) is 6. The van der Waals surface area contributed by atoms with Crippen molar-refractivity contribution in [2.24, 2.45) is 10.7 Å². The van der Waals surface area contributed by atoms with Crippen LogP contribution in [0.1, 0.15) is 27.4 Å². The minimum atomic E-state index is -0.290. The first kappa shape index (κ1) is 20.6. The number of carbonyl (C=O) groups is 1. The first-order chi connectivity index (χ1) is 14.0. The second-order valence-corrected chi connectivity index (χ2v) is 6.83. The van der Waals surface area contributed by atoms with Crippen molar-refractivity contribution in [3.05, 3.63) is 70.8 Å². The van der Waals surface area contributed by atoms with E-state index >= 15 is 0 Å². The summed E-state index contributed by atoms with van der Waals surface area (Å²) in [5, 5.41) is 3.28. The van der Waals surface area contributed by atoms with Gasteiger partial charge in [0.05, 0.1) is 28.7 Å². The summed E-state index contributed by atoms with van der Waals surface area (Å²) >= 11 is 6.37. The molecule has 3 rings (SSSR count). The van der Waals surface area contributed by atoms with Crippen LogP contribution in [0.15, 0.2) is 54.0 Å². The molecule has 1 unspecified atom stereocenters. The van der Waals surface area contributed by atoms with Gasteiger partial charge in [0, 0.05) is 43.7 Å². The molecule has 0 aliphatic rings. The Morgan fingerprint density at radius 2 is 2.10 bits per heavy atom. The number of nitrogens with zero attached hydrogens (tertiary/aromatic N) is 4. The van der Waals surface area contributed by atoms with Gasteiger partial charge in [-0.2, -0.15) is 0 Å². The Balaban J connectivity index is 1.83. The van der Waals surface area contributed by atoms with Crippen LogP contribution in [0, 0.1) is 6.92 Å². The standard InChI is InChI=1S/C21H21ClN6O/c1-13-5-6-25-10-17(13)21(29)28-20-12-26-19(11-27-20)16-7-14(3-4-18(16)22)15(8-23)9-24-2/h3-7,9-12,15H,8,23H2,1-2H3,(H,27,28,29)/b24-9-. The van der Waals surface area contributed by atoms with Crippen LogP contribution in [0.3, 0.4) is 0 Å². The minimum absolute atomic E-state index is 0.00902. The van der Waals surface area contributed by atoms with Gasteiger partial charge in [0.1, 0.15) is 0 Å². The van der Waals surface area contributed by atoms with Crippen molar-refractivity contribution in [2.45, 2.75) is 12.8 Å². The lowest BCUT2D eigenvalue weighted by molar-refractivity contribution is 0.102. The molecule has 2 aromatic heterocycles. The maximum atomic E-state index is 12.4. The van der Waals surface area contributed by atoms with Crippen molar-refractivity contribution >= 4 is 29.5 Å². The zero-order valence-electron chi connectivity index (χ0n) is 16.1. The summed E-state index contributed by atoms with van der Waals surface area (Å²) in [5.41, 5.74) is 9.48. The van der Waals surface area contributed by atoms with Gasteiger partial charge < -0.3 is 16.0 Å². The van der Waals surface area contributed by atoms with Gasteiger partial charge >= 0.3 is 0 Å². The summed E-state index contributed by atoms with van der Waals surface area (Å²) in [6.45, 7) is 2.28. The van der Waals surface area contributed by atoms with Crippen molar-refractivity contribution in [1.29, 1.82) is 0 Å². The molecule has 0 fully saturated rings. The number of aliphatic imine (C=N–C) groups is 1. The molecule has 0 saturated heterocycles. The van der Waals surface area contributed by atoms with Crippen LogP contribution in [-0.4, -0.2) is 40.7 Å². The molecule has 0 saturated carbocycles. The fourth-order valence-corrected chi connectivity index (χ4v) is 3.06. The van der Waals surface area contributed by atoms with E-state index in [0.29, 0.717) is 28.6 Å². The van der Waals surface area contributed by atoms with Crippen molar-refractivity contribution < 1.29 is 4.79 Å². The largest absolute Gasteiger partial charge is 0.329 e. The lowest BCUT2D eigenvalue weighted by Crippen LogP contribution is -2.15. The molecule has 0 aliphatic carbocycles. The van der Waals surface area contributed by atoms with Gasteiger partial charge in [-0.15, -0.1) is 0 Å². The Morgan fingerprint density at radius 3 is 2.76 bits per heavy atom. The number of rotatable bonds is 6. The third-order valence-corrected chi connectivity index (χ3v) is 4.78. The number of benzene rings is 1. The number of aryl methyl sites for hydroxylation is 1. The van der Waals surface area contributed by atoms with Gasteiger partial charge in [-0.1, -0.05) is 17.7 Å². The lowest BCUT2D eigenvalue weighted by Gasteiger charge is -2.13. The number of amides is 1. The highest BCUT2D eigenvalue weighted by molar-refractivity contribution is 6.33. The SMILES string of the molecule is C/N=C\C(CN)c1ccc(Cl)c(-c2cnc(NC(=O)c3cnccc3C)cn2)c1. The Kier molecular flexibility index (Phi) is 6.64. The van der Waals surface area contributed by atoms with Crippen LogP contribution < -0.4 is 11.1 Å². The summed E-state index contributed by atoms with van der Waals surface area (Å²) in [6, 6.07) is 7.43. The first-order valence-electron chi connectivity index (χ1n) is 8.99. The third-order valence-electron chi connectivity index (χ3n) is 4.45. The maximum Gasteiger partial charge on any atom is 0.258 e. The summed E-state index contributed by atoms with van der Waals surface area (Å²) in [6.07, 6.45) is 8.03. The first-order valence-corrected chi connectivity index (χ1v) is 9.37. The molecule has 1 aromatic carbocycles. The molecule has 29 heavy (non-hydrogen) atoms. The number of carbonyl (C=O) groups excluding carboxylic acids is 1. The summed E-state index contributed by atoms with van der Waals surface area (Å²) in [4.78, 5) is 29.2. The Labute approximate surface area is 174 Å². The number of hydrogen-bond donors (Lipinski definition) is 2. The highest BCUT2D eigenvalue weighted by Crippen LogP contribution is 2.29. The van der Waals surface area contributed by atoms with E-state index < -0.39 is 0 Å². The number of halogens is 1. The zero-order valence-corrected chi connectivity index (χ0v) is 16.9. The molecule has 0 radical (unpaired) electrons. The van der Waals surface area contributed by atoms with Crippen molar-refractivity contribution in [3.8, 4) is 11.3 Å². The highest BCUT2D eigenvalue weighted by atomic mass is 35.5. The van der Waals surface area contributed by atoms with Crippen molar-refractivity contribution in [1.82, 2.24) is 15.0 Å². The maximum absolute atomic E-state index is 12.4. The van der Waals surface area contributed by atoms with Crippen LogP contribution in [0.5, 0.6) is 0 Å². The van der Waals surface area contributed by atoms with E-state index in [1.54, 1.807) is 37.8 Å². The van der Waals surface area contributed by atoms with Crippen LogP contribution in [0.2, 0.25) is 5.02 Å². The predicted octanol–water partition coefficient (Wildman–Crippen LogP) is 3.50. The quantitative estimate of drug-likeness (QED) is 0.607. The molecule has 1 atom stereocenters. The van der Waals surface area contributed by atoms with E-state index in [-0.39, 0.29) is 11.8 Å². The number of aromatic nitrogens is 3. The lowest BCUT2D eigenvalue weighted by atomic mass is 9.97. The van der Waals surface area contributed by atoms with Crippen LogP contribution >= 0.6 is 11.6 Å². The number of pyridine rings is 1. The molecule has 7 nitrogen and oxygen atoms in total. The number of nitrogens with one attached hydrogen (secondary N) is 1. The molecule has 0 spiro atoms. The van der Waals surface area contributed by atoms with Gasteiger partial charge in [0.15, 0.2) is 5.82 Å². The average Bonchev–Trinajstić information content (AvgIpc) is 2.73. The molecule has 148 valence electrons. The van der Waals surface area contributed by atoms with Gasteiger partial charge in [-0.25, -0.2) is 4.98 Å². The Morgan fingerprint density at radius 1 is 1.28 bits per heavy atom. The molecular formula is C21H21ClN6O. The molecular weight excluding hydrogens is 388 g/mol. The van der Waals surface area contributed by atoms with Gasteiger partial charge in [0.25, 0.3) is 5.91 Å². The molecule has 2 heterocycles. The molecule has 8 heteroatoms. The second-order valence-electron chi connectivity index (χ2n) is 6.42. The van der Waals surface area contributed by atoms with Crippen LogP contribution in [0.25, 0.3) is 11.3 Å². The Hall–Kier alpha value is -3.16. The summed E-state index contributed by atoms with van der Waals surface area (Å²) in [7, 11) is 1.71. The van der Waals surface area contributed by atoms with E-state index in [1.807, 2.05) is 19.1 Å². The van der Waals surface area contributed by atoms with E-state index in [9.17, 15) is 4.79 Å². The van der Waals surface area contributed by atoms with Crippen LogP contribution in [0.4, 0.5) is 5.82 Å². The monoisotopic (exact) mass is 408 g/mol. The zero-order chi connectivity index (χ0) is 20.8. The highest BCUT2D eigenvalue weighted by Gasteiger charge is 2.14. The van der Waals surface area contributed by atoms with Gasteiger partial charge in [0.2, 0.25) is 0 Å². The van der Waals surface area contributed by atoms with E-state index in [1.165, 1.54) is 12.4 Å². The van der Waals surface area contributed by atoms with Crippen LogP contribution in [-0.2, 0) is 0 Å². The number of nitrogens with two attached hydrogens (primary N) is 1. The third kappa shape index (κ3) is 4.82. The van der Waals surface area contributed by atoms with E-state index in [4.69, 9.17) is 17.3 Å². The molecule has 3 N–H and O–H groups in total. The smallest absolute Gasteiger partial charge is 0.258 e. The average molecular weight is 409 g/mol. The van der Waals surface area contributed by atoms with E-state index in [2.05, 4.69) is 25.3 Å². The molecule has 3 aromatic rings. The summed E-state index contributed by atoms with van der Waals surface area (Å²) in [5.74, 6) is 0.0415. The second kappa shape index (κ2) is 9.36. The van der Waals surface area contributed by atoms with Crippen molar-refractivity contribution in [2.75, 3.05) is 18.9 Å². The van der Waals surface area contributed by atoms with Gasteiger partial charge in [-0.3, -0.25) is 14.8 Å². The molecule has 0 aliphatic heterocycles. The minimum Gasteiger partial charge on any atom is -0.329 e. The van der Waals surface area contributed by atoms with Gasteiger partial charge in [-0.05, 0) is 36.2 Å². The fourth-order valence-electron chi connectivity index (χ4n) is 2.85. The van der Waals surface area contributed by atoms with E-state index in [0.717, 1.165) is 16.7 Å².